The van der Waals surface area contributed by atoms with Crippen molar-refractivity contribution in [2.75, 3.05) is 0 Å². The molecule has 0 N–H and O–H groups in total. The predicted octanol–water partition coefficient (Wildman–Crippen LogP) is 4.26. The second kappa shape index (κ2) is 4.31. The van der Waals surface area contributed by atoms with Crippen LogP contribution in [0.15, 0.2) is 48.8 Å². The molecule has 0 saturated carbocycles. The molecule has 2 nitrogen and oxygen atoms in total. The van der Waals surface area contributed by atoms with Crippen molar-refractivity contribution in [1.29, 1.82) is 0 Å². The van der Waals surface area contributed by atoms with Gasteiger partial charge in [-0.25, -0.2) is 4.98 Å². The van der Waals surface area contributed by atoms with E-state index in [1.54, 1.807) is 0 Å². The van der Waals surface area contributed by atoms with Crippen LogP contribution >= 0.6 is 34.2 Å². The first-order valence-electron chi connectivity index (χ1n) is 5.13. The molecule has 0 bridgehead atoms. The van der Waals surface area contributed by atoms with Crippen LogP contribution in [-0.2, 0) is 0 Å². The van der Waals surface area contributed by atoms with Gasteiger partial charge in [0.25, 0.3) is 0 Å². The molecule has 0 aliphatic rings. The first-order chi connectivity index (χ1) is 8.24. The fourth-order valence-corrected chi connectivity index (χ4v) is 2.56. The average molecular weight is 355 g/mol. The highest BCUT2D eigenvalue weighted by atomic mass is 127. The van der Waals surface area contributed by atoms with Crippen molar-refractivity contribution in [3.05, 3.63) is 57.4 Å². The lowest BCUT2D eigenvalue weighted by atomic mass is 10.2. The van der Waals surface area contributed by atoms with Crippen LogP contribution in [0.2, 0.25) is 5.02 Å². The highest BCUT2D eigenvalue weighted by molar-refractivity contribution is 14.1. The summed E-state index contributed by atoms with van der Waals surface area (Å²) in [5.41, 5.74) is 2.96. The fourth-order valence-electron chi connectivity index (χ4n) is 1.77. The van der Waals surface area contributed by atoms with E-state index >= 15 is 0 Å². The Bertz CT molecular complexity index is 691. The molecule has 3 aromatic rings. The second-order valence-electron chi connectivity index (χ2n) is 3.72. The molecule has 2 aromatic heterocycles. The van der Waals surface area contributed by atoms with Crippen molar-refractivity contribution in [3.8, 4) is 11.3 Å². The van der Waals surface area contributed by atoms with Gasteiger partial charge in [-0.2, -0.15) is 0 Å². The van der Waals surface area contributed by atoms with E-state index in [2.05, 4.69) is 27.6 Å². The molecule has 0 aliphatic carbocycles. The zero-order valence-electron chi connectivity index (χ0n) is 8.77. The lowest BCUT2D eigenvalue weighted by Gasteiger charge is -1.95. The van der Waals surface area contributed by atoms with Crippen LogP contribution in [0.3, 0.4) is 0 Å². The summed E-state index contributed by atoms with van der Waals surface area (Å²) in [4.78, 5) is 4.62. The average Bonchev–Trinajstić information content (AvgIpc) is 2.74. The summed E-state index contributed by atoms with van der Waals surface area (Å²) in [5, 5.41) is 0.731. The molecule has 0 radical (unpaired) electrons. The molecule has 0 saturated heterocycles. The molecular formula is C13H8ClIN2. The van der Waals surface area contributed by atoms with Gasteiger partial charge in [0.1, 0.15) is 0 Å². The van der Waals surface area contributed by atoms with Crippen LogP contribution in [0.25, 0.3) is 16.9 Å². The summed E-state index contributed by atoms with van der Waals surface area (Å²) >= 11 is 8.28. The van der Waals surface area contributed by atoms with E-state index in [-0.39, 0.29) is 0 Å². The lowest BCUT2D eigenvalue weighted by molar-refractivity contribution is 1.18. The molecule has 0 atom stereocenters. The third kappa shape index (κ3) is 2.05. The number of halogens is 2. The zero-order valence-corrected chi connectivity index (χ0v) is 11.7. The van der Waals surface area contributed by atoms with Gasteiger partial charge in [-0.15, -0.1) is 0 Å². The molecule has 4 heteroatoms. The largest absolute Gasteiger partial charge is 0.306 e. The summed E-state index contributed by atoms with van der Waals surface area (Å²) in [6.07, 6.45) is 4.02. The predicted molar refractivity (Wildman–Crippen MR) is 78.4 cm³/mol. The maximum absolute atomic E-state index is 5.99. The van der Waals surface area contributed by atoms with Crippen LogP contribution in [0.1, 0.15) is 0 Å². The number of pyridine rings is 1. The minimum Gasteiger partial charge on any atom is -0.306 e. The molecule has 0 aliphatic heterocycles. The van der Waals surface area contributed by atoms with E-state index in [4.69, 9.17) is 11.6 Å². The topological polar surface area (TPSA) is 17.3 Å². The molecule has 2 heterocycles. The summed E-state index contributed by atoms with van der Waals surface area (Å²) in [7, 11) is 0. The molecule has 0 amide bonds. The molecule has 17 heavy (non-hydrogen) atoms. The monoisotopic (exact) mass is 354 g/mol. The van der Waals surface area contributed by atoms with Crippen LogP contribution < -0.4 is 0 Å². The number of nitrogens with zero attached hydrogens (tertiary/aromatic N) is 2. The van der Waals surface area contributed by atoms with Crippen molar-refractivity contribution >= 4 is 39.8 Å². The number of rotatable bonds is 1. The van der Waals surface area contributed by atoms with Crippen molar-refractivity contribution < 1.29 is 0 Å². The molecule has 0 fully saturated rings. The zero-order chi connectivity index (χ0) is 11.8. The van der Waals surface area contributed by atoms with Gasteiger partial charge in [-0.1, -0.05) is 23.7 Å². The summed E-state index contributed by atoms with van der Waals surface area (Å²) < 4.78 is 3.16. The minimum atomic E-state index is 0.731. The van der Waals surface area contributed by atoms with Gasteiger partial charge < -0.3 is 4.40 Å². The third-order valence-electron chi connectivity index (χ3n) is 2.56. The number of benzene rings is 1. The Morgan fingerprint density at radius 1 is 1.18 bits per heavy atom. The molecule has 0 unspecified atom stereocenters. The van der Waals surface area contributed by atoms with E-state index in [0.29, 0.717) is 0 Å². The molecular weight excluding hydrogens is 347 g/mol. The third-order valence-corrected chi connectivity index (χ3v) is 3.63. The number of fused-ring (bicyclic) bond motifs is 1. The number of hydrogen-bond acceptors (Lipinski definition) is 1. The van der Waals surface area contributed by atoms with E-state index in [1.165, 1.54) is 0 Å². The Kier molecular flexibility index (Phi) is 2.80. The first kappa shape index (κ1) is 11.0. The Morgan fingerprint density at radius 3 is 2.82 bits per heavy atom. The van der Waals surface area contributed by atoms with Gasteiger partial charge >= 0.3 is 0 Å². The maximum atomic E-state index is 5.99. The standard InChI is InChI=1S/C13H8ClIN2/c14-10-4-1-3-9(7-10)12-8-17-6-2-5-11(15)13(17)16-12/h1-8H. The van der Waals surface area contributed by atoms with Gasteiger partial charge in [-0.3, -0.25) is 0 Å². The summed E-state index contributed by atoms with van der Waals surface area (Å²) in [5.74, 6) is 0. The van der Waals surface area contributed by atoms with Crippen molar-refractivity contribution in [2.24, 2.45) is 0 Å². The Labute approximate surface area is 117 Å². The highest BCUT2D eigenvalue weighted by Crippen LogP contribution is 2.23. The Hall–Kier alpha value is -1.07. The van der Waals surface area contributed by atoms with Gasteiger partial charge in [0, 0.05) is 23.0 Å². The number of imidazole rings is 1. The van der Waals surface area contributed by atoms with E-state index in [0.717, 1.165) is 25.5 Å². The fraction of sp³-hybridized carbons (Fsp3) is 0. The summed E-state index contributed by atoms with van der Waals surface area (Å²) in [6.45, 7) is 0. The van der Waals surface area contributed by atoms with Crippen LogP contribution in [0.5, 0.6) is 0 Å². The first-order valence-corrected chi connectivity index (χ1v) is 6.59. The number of hydrogen-bond donors (Lipinski definition) is 0. The van der Waals surface area contributed by atoms with Crippen molar-refractivity contribution in [1.82, 2.24) is 9.38 Å². The van der Waals surface area contributed by atoms with E-state index in [9.17, 15) is 0 Å². The molecule has 3 rings (SSSR count). The van der Waals surface area contributed by atoms with Crippen molar-refractivity contribution in [3.63, 3.8) is 0 Å². The summed E-state index contributed by atoms with van der Waals surface area (Å²) in [6, 6.07) is 11.8. The van der Waals surface area contributed by atoms with Crippen LogP contribution in [-0.4, -0.2) is 9.38 Å². The van der Waals surface area contributed by atoms with Gasteiger partial charge in [0.15, 0.2) is 5.65 Å². The lowest BCUT2D eigenvalue weighted by Crippen LogP contribution is -1.83. The van der Waals surface area contributed by atoms with Gasteiger partial charge in [0.2, 0.25) is 0 Å². The maximum Gasteiger partial charge on any atom is 0.150 e. The van der Waals surface area contributed by atoms with Gasteiger partial charge in [0.05, 0.1) is 9.26 Å². The normalized spacial score (nSPS) is 10.9. The van der Waals surface area contributed by atoms with E-state index in [1.807, 2.05) is 53.2 Å². The highest BCUT2D eigenvalue weighted by Gasteiger charge is 2.06. The second-order valence-corrected chi connectivity index (χ2v) is 5.32. The quantitative estimate of drug-likeness (QED) is 0.597. The van der Waals surface area contributed by atoms with Crippen LogP contribution in [0.4, 0.5) is 0 Å². The SMILES string of the molecule is Clc1cccc(-c2cn3cccc(I)c3n2)c1. The number of aromatic nitrogens is 2. The van der Waals surface area contributed by atoms with Crippen LogP contribution in [0, 0.1) is 3.57 Å². The van der Waals surface area contributed by atoms with Gasteiger partial charge in [-0.05, 0) is 46.9 Å². The molecule has 0 spiro atoms. The molecule has 84 valence electrons. The van der Waals surface area contributed by atoms with Crippen molar-refractivity contribution in [2.45, 2.75) is 0 Å². The molecule has 1 aromatic carbocycles. The Morgan fingerprint density at radius 2 is 2.06 bits per heavy atom. The van der Waals surface area contributed by atoms with E-state index < -0.39 is 0 Å². The Balaban J connectivity index is 2.22. The smallest absolute Gasteiger partial charge is 0.150 e. The minimum absolute atomic E-state index is 0.731.